The van der Waals surface area contributed by atoms with Crippen molar-refractivity contribution in [2.45, 2.75) is 31.0 Å². The van der Waals surface area contributed by atoms with Gasteiger partial charge in [-0.2, -0.15) is 0 Å². The second-order valence-corrected chi connectivity index (χ2v) is 4.57. The van der Waals surface area contributed by atoms with Crippen molar-refractivity contribution in [3.8, 4) is 0 Å². The lowest BCUT2D eigenvalue weighted by Gasteiger charge is -2.11. The van der Waals surface area contributed by atoms with Crippen molar-refractivity contribution in [3.63, 3.8) is 0 Å². The van der Waals surface area contributed by atoms with Gasteiger partial charge in [0.25, 0.3) is 0 Å². The van der Waals surface area contributed by atoms with Gasteiger partial charge < -0.3 is 4.74 Å². The van der Waals surface area contributed by atoms with Gasteiger partial charge in [0.05, 0.1) is 5.92 Å². The van der Waals surface area contributed by atoms with E-state index >= 15 is 0 Å². The third kappa shape index (κ3) is 3.51. The molecule has 0 aromatic rings. The predicted molar refractivity (Wildman–Crippen MR) is 55.8 cm³/mol. The number of esters is 1. The van der Waals surface area contributed by atoms with Gasteiger partial charge in [-0.05, 0) is 19.3 Å². The van der Waals surface area contributed by atoms with Crippen molar-refractivity contribution >= 4 is 21.9 Å². The van der Waals surface area contributed by atoms with Gasteiger partial charge in [0.2, 0.25) is 0 Å². The molecule has 0 radical (unpaired) electrons. The Morgan fingerprint density at radius 2 is 2.23 bits per heavy atom. The Morgan fingerprint density at radius 1 is 1.62 bits per heavy atom. The molecule has 0 fully saturated rings. The maximum absolute atomic E-state index is 11.4. The quantitative estimate of drug-likeness (QED) is 0.433. The average molecular weight is 247 g/mol. The summed E-state index contributed by atoms with van der Waals surface area (Å²) >= 11 is 3.42. The Kier molecular flexibility index (Phi) is 4.50. The van der Waals surface area contributed by atoms with E-state index in [1.807, 2.05) is 12.2 Å². The molecule has 0 N–H and O–H groups in total. The van der Waals surface area contributed by atoms with Gasteiger partial charge in [0.15, 0.2) is 0 Å². The lowest BCUT2D eigenvalue weighted by molar-refractivity contribution is -0.148. The zero-order valence-electron chi connectivity index (χ0n) is 7.83. The van der Waals surface area contributed by atoms with Crippen LogP contribution in [0.2, 0.25) is 0 Å². The molecule has 1 aliphatic rings. The van der Waals surface area contributed by atoms with Gasteiger partial charge >= 0.3 is 5.97 Å². The number of rotatable bonds is 4. The van der Waals surface area contributed by atoms with Crippen LogP contribution >= 0.6 is 15.9 Å². The Bertz CT molecular complexity index is 193. The first-order valence-electron chi connectivity index (χ1n) is 4.69. The highest BCUT2D eigenvalue weighted by Gasteiger charge is 2.20. The number of halogens is 1. The maximum Gasteiger partial charge on any atom is 0.309 e. The summed E-state index contributed by atoms with van der Waals surface area (Å²) in [6.07, 6.45) is 6.75. The molecule has 1 unspecified atom stereocenters. The lowest BCUT2D eigenvalue weighted by Crippen LogP contribution is -2.19. The third-order valence-electron chi connectivity index (χ3n) is 2.19. The van der Waals surface area contributed by atoms with Crippen LogP contribution in [0.5, 0.6) is 0 Å². The number of alkyl halides is 1. The van der Waals surface area contributed by atoms with Crippen LogP contribution in [0, 0.1) is 5.92 Å². The van der Waals surface area contributed by atoms with Crippen LogP contribution in [-0.4, -0.2) is 17.4 Å². The van der Waals surface area contributed by atoms with Crippen LogP contribution < -0.4 is 0 Å². The van der Waals surface area contributed by atoms with E-state index in [9.17, 15) is 4.79 Å². The van der Waals surface area contributed by atoms with Crippen LogP contribution in [-0.2, 0) is 9.53 Å². The summed E-state index contributed by atoms with van der Waals surface area (Å²) in [5.41, 5.74) is 0. The second-order valence-electron chi connectivity index (χ2n) is 3.28. The molecule has 74 valence electrons. The van der Waals surface area contributed by atoms with Crippen LogP contribution in [0.15, 0.2) is 12.2 Å². The zero-order valence-corrected chi connectivity index (χ0v) is 9.42. The highest BCUT2D eigenvalue weighted by molar-refractivity contribution is 9.09. The average Bonchev–Trinajstić information content (AvgIpc) is 2.66. The molecule has 0 saturated carbocycles. The molecule has 0 bridgehead atoms. The highest BCUT2D eigenvalue weighted by Crippen LogP contribution is 2.19. The number of hydrogen-bond acceptors (Lipinski definition) is 2. The fraction of sp³-hybridized carbons (Fsp3) is 0.700. The van der Waals surface area contributed by atoms with Gasteiger partial charge in [-0.1, -0.05) is 35.0 Å². The fourth-order valence-corrected chi connectivity index (χ4v) is 1.35. The van der Waals surface area contributed by atoms with Crippen LogP contribution in [0.4, 0.5) is 0 Å². The van der Waals surface area contributed by atoms with Crippen molar-refractivity contribution < 1.29 is 9.53 Å². The third-order valence-corrected chi connectivity index (χ3v) is 3.10. The number of ether oxygens (including phenoxy) is 1. The molecule has 0 aliphatic heterocycles. The van der Waals surface area contributed by atoms with E-state index < -0.39 is 0 Å². The smallest absolute Gasteiger partial charge is 0.309 e. The summed E-state index contributed by atoms with van der Waals surface area (Å²) in [5.74, 6) is 0.0273. The molecule has 3 heteroatoms. The van der Waals surface area contributed by atoms with Gasteiger partial charge in [0.1, 0.15) is 6.61 Å². The van der Waals surface area contributed by atoms with Crippen molar-refractivity contribution in [2.75, 3.05) is 6.61 Å². The first kappa shape index (κ1) is 10.8. The number of carbonyl (C=O) groups excluding carboxylic acids is 1. The minimum atomic E-state index is -0.0529. The summed E-state index contributed by atoms with van der Waals surface area (Å²) in [6, 6.07) is 0. The van der Waals surface area contributed by atoms with E-state index in [0.717, 1.165) is 19.3 Å². The van der Waals surface area contributed by atoms with E-state index in [2.05, 4.69) is 22.9 Å². The zero-order chi connectivity index (χ0) is 9.68. The largest absolute Gasteiger partial charge is 0.464 e. The summed E-state index contributed by atoms with van der Waals surface area (Å²) in [6.45, 7) is 2.55. The summed E-state index contributed by atoms with van der Waals surface area (Å²) in [4.78, 5) is 11.7. The first-order valence-corrected chi connectivity index (χ1v) is 5.61. The lowest BCUT2D eigenvalue weighted by atomic mass is 10.1. The Labute approximate surface area is 87.5 Å². The standard InChI is InChI=1S/C10H15BrO2/c1-2-9(11)7-13-10(12)8-5-3-4-6-8/h3-4,8-9H,2,5-7H2,1H3. The number of carbonyl (C=O) groups is 1. The molecule has 2 nitrogen and oxygen atoms in total. The molecule has 0 amide bonds. The van der Waals surface area contributed by atoms with Crippen molar-refractivity contribution in [3.05, 3.63) is 12.2 Å². The molecule has 0 heterocycles. The normalized spacial score (nSPS) is 18.9. The molecular formula is C10H15BrO2. The molecule has 13 heavy (non-hydrogen) atoms. The molecule has 1 rings (SSSR count). The van der Waals surface area contributed by atoms with Gasteiger partial charge in [-0.15, -0.1) is 0 Å². The number of hydrogen-bond donors (Lipinski definition) is 0. The van der Waals surface area contributed by atoms with E-state index in [0.29, 0.717) is 11.4 Å². The molecular weight excluding hydrogens is 232 g/mol. The van der Waals surface area contributed by atoms with Gasteiger partial charge in [-0.3, -0.25) is 4.79 Å². The molecule has 0 spiro atoms. The van der Waals surface area contributed by atoms with Gasteiger partial charge in [-0.25, -0.2) is 0 Å². The summed E-state index contributed by atoms with van der Waals surface area (Å²) in [7, 11) is 0. The minimum absolute atomic E-state index is 0.0529. The first-order chi connectivity index (χ1) is 6.24. The number of allylic oxidation sites excluding steroid dienone is 2. The van der Waals surface area contributed by atoms with E-state index in [-0.39, 0.29) is 11.9 Å². The summed E-state index contributed by atoms with van der Waals surface area (Å²) in [5, 5.41) is 0. The van der Waals surface area contributed by atoms with Gasteiger partial charge in [0, 0.05) is 4.83 Å². The summed E-state index contributed by atoms with van der Waals surface area (Å²) < 4.78 is 5.15. The topological polar surface area (TPSA) is 26.3 Å². The molecule has 1 aliphatic carbocycles. The molecule has 0 aromatic heterocycles. The fourth-order valence-electron chi connectivity index (χ4n) is 1.22. The van der Waals surface area contributed by atoms with Crippen LogP contribution in [0.1, 0.15) is 26.2 Å². The molecule has 1 atom stereocenters. The van der Waals surface area contributed by atoms with Crippen molar-refractivity contribution in [1.29, 1.82) is 0 Å². The van der Waals surface area contributed by atoms with Crippen molar-refractivity contribution in [2.24, 2.45) is 5.92 Å². The molecule has 0 aromatic carbocycles. The maximum atomic E-state index is 11.4. The highest BCUT2D eigenvalue weighted by atomic mass is 79.9. The minimum Gasteiger partial charge on any atom is -0.464 e. The monoisotopic (exact) mass is 246 g/mol. The van der Waals surface area contributed by atoms with Crippen molar-refractivity contribution in [1.82, 2.24) is 0 Å². The van der Waals surface area contributed by atoms with E-state index in [1.54, 1.807) is 0 Å². The Morgan fingerprint density at radius 3 is 2.77 bits per heavy atom. The predicted octanol–water partition coefficient (Wildman–Crippen LogP) is 2.67. The van der Waals surface area contributed by atoms with Crippen LogP contribution in [0.3, 0.4) is 0 Å². The second kappa shape index (κ2) is 5.43. The van der Waals surface area contributed by atoms with E-state index in [1.165, 1.54) is 0 Å². The molecule has 0 saturated heterocycles. The van der Waals surface area contributed by atoms with E-state index in [4.69, 9.17) is 4.74 Å². The van der Waals surface area contributed by atoms with Crippen LogP contribution in [0.25, 0.3) is 0 Å². The Balaban J connectivity index is 2.17. The SMILES string of the molecule is CCC(Br)COC(=O)C1CC=CC1. The Hall–Kier alpha value is -0.310.